The predicted molar refractivity (Wildman–Crippen MR) is 43.4 cm³/mol. The molecular formula is C9H9NO. The average Bonchev–Trinajstić information content (AvgIpc) is 2.50. The summed E-state index contributed by atoms with van der Waals surface area (Å²) in [7, 11) is 0. The molecule has 2 heteroatoms. The van der Waals surface area contributed by atoms with E-state index >= 15 is 0 Å². The van der Waals surface area contributed by atoms with Crippen molar-refractivity contribution in [3.8, 4) is 0 Å². The van der Waals surface area contributed by atoms with Gasteiger partial charge in [0.25, 0.3) is 0 Å². The van der Waals surface area contributed by atoms with E-state index in [-0.39, 0.29) is 0 Å². The van der Waals surface area contributed by atoms with Crippen molar-refractivity contribution in [1.82, 2.24) is 5.16 Å². The third kappa shape index (κ3) is 1.00. The Morgan fingerprint density at radius 3 is 3.18 bits per heavy atom. The molecule has 0 unspecified atom stereocenters. The highest BCUT2D eigenvalue weighted by Crippen LogP contribution is 2.14. The molecule has 2 rings (SSSR count). The van der Waals surface area contributed by atoms with Gasteiger partial charge in [0.05, 0.1) is 6.20 Å². The maximum Gasteiger partial charge on any atom is 0.166 e. The van der Waals surface area contributed by atoms with Crippen molar-refractivity contribution < 1.29 is 4.52 Å². The van der Waals surface area contributed by atoms with E-state index < -0.39 is 0 Å². The van der Waals surface area contributed by atoms with E-state index in [1.54, 1.807) is 6.20 Å². The standard InChI is InChI=1S/C9H9NO/c1-2-7-3-4-9-8(5-7)6-10-11-9/h3-6H,2H2,1H3. The summed E-state index contributed by atoms with van der Waals surface area (Å²) in [5, 5.41) is 4.79. The first kappa shape index (κ1) is 6.40. The number of nitrogens with zero attached hydrogens (tertiary/aromatic N) is 1. The number of hydrogen-bond acceptors (Lipinski definition) is 2. The van der Waals surface area contributed by atoms with Gasteiger partial charge in [0.1, 0.15) is 0 Å². The molecule has 0 aliphatic heterocycles. The Morgan fingerprint density at radius 1 is 1.45 bits per heavy atom. The zero-order valence-electron chi connectivity index (χ0n) is 6.37. The molecule has 0 bridgehead atoms. The molecule has 0 radical (unpaired) electrons. The van der Waals surface area contributed by atoms with E-state index in [2.05, 4.69) is 24.2 Å². The van der Waals surface area contributed by atoms with Gasteiger partial charge in [-0.15, -0.1) is 0 Å². The second-order valence-electron chi connectivity index (χ2n) is 2.55. The van der Waals surface area contributed by atoms with Crippen LogP contribution in [0.3, 0.4) is 0 Å². The van der Waals surface area contributed by atoms with Gasteiger partial charge in [-0.05, 0) is 24.1 Å². The number of fused-ring (bicyclic) bond motifs is 1. The average molecular weight is 147 g/mol. The lowest BCUT2D eigenvalue weighted by molar-refractivity contribution is 0.456. The van der Waals surface area contributed by atoms with Gasteiger partial charge in [-0.2, -0.15) is 0 Å². The molecule has 1 aromatic carbocycles. The van der Waals surface area contributed by atoms with Crippen LogP contribution in [0.25, 0.3) is 11.0 Å². The Balaban J connectivity index is 2.67. The van der Waals surface area contributed by atoms with Crippen LogP contribution in [0.5, 0.6) is 0 Å². The molecule has 0 aliphatic carbocycles. The number of aromatic nitrogens is 1. The van der Waals surface area contributed by atoms with Gasteiger partial charge < -0.3 is 4.52 Å². The summed E-state index contributed by atoms with van der Waals surface area (Å²) < 4.78 is 4.97. The Hall–Kier alpha value is -1.31. The van der Waals surface area contributed by atoms with Crippen LogP contribution in [0.1, 0.15) is 12.5 Å². The molecule has 2 nitrogen and oxygen atoms in total. The number of aryl methyl sites for hydroxylation is 1. The van der Waals surface area contributed by atoms with E-state index in [1.807, 2.05) is 6.07 Å². The first-order valence-electron chi connectivity index (χ1n) is 3.73. The number of rotatable bonds is 1. The summed E-state index contributed by atoms with van der Waals surface area (Å²) in [5.74, 6) is 0. The summed E-state index contributed by atoms with van der Waals surface area (Å²) in [6, 6.07) is 6.13. The van der Waals surface area contributed by atoms with Crippen molar-refractivity contribution in [2.75, 3.05) is 0 Å². The van der Waals surface area contributed by atoms with E-state index in [1.165, 1.54) is 5.56 Å². The molecule has 2 aromatic rings. The van der Waals surface area contributed by atoms with Crippen LogP contribution in [0.15, 0.2) is 28.9 Å². The molecule has 0 saturated carbocycles. The van der Waals surface area contributed by atoms with Crippen molar-refractivity contribution in [2.45, 2.75) is 13.3 Å². The second-order valence-corrected chi connectivity index (χ2v) is 2.55. The van der Waals surface area contributed by atoms with E-state index in [9.17, 15) is 0 Å². The molecule has 0 aliphatic rings. The summed E-state index contributed by atoms with van der Waals surface area (Å²) in [5.41, 5.74) is 2.18. The van der Waals surface area contributed by atoms with Gasteiger partial charge in [0.15, 0.2) is 5.58 Å². The summed E-state index contributed by atoms with van der Waals surface area (Å²) in [6.45, 7) is 2.13. The lowest BCUT2D eigenvalue weighted by Gasteiger charge is -1.92. The zero-order chi connectivity index (χ0) is 7.68. The van der Waals surface area contributed by atoms with Gasteiger partial charge >= 0.3 is 0 Å². The molecule has 0 amide bonds. The SMILES string of the molecule is CCc1ccc2oncc2c1. The van der Waals surface area contributed by atoms with Gasteiger partial charge in [-0.1, -0.05) is 18.1 Å². The Morgan fingerprint density at radius 2 is 2.36 bits per heavy atom. The molecule has 0 N–H and O–H groups in total. The molecule has 1 aromatic heterocycles. The maximum atomic E-state index is 4.97. The minimum absolute atomic E-state index is 0.863. The van der Waals surface area contributed by atoms with Crippen LogP contribution >= 0.6 is 0 Å². The highest BCUT2D eigenvalue weighted by Gasteiger charge is 1.97. The van der Waals surface area contributed by atoms with Crippen LogP contribution in [0.4, 0.5) is 0 Å². The van der Waals surface area contributed by atoms with E-state index in [0.717, 1.165) is 17.4 Å². The second kappa shape index (κ2) is 2.38. The van der Waals surface area contributed by atoms with Crippen LogP contribution in [0, 0.1) is 0 Å². The third-order valence-corrected chi connectivity index (χ3v) is 1.83. The maximum absolute atomic E-state index is 4.97. The molecule has 0 fully saturated rings. The van der Waals surface area contributed by atoms with Crippen LogP contribution in [-0.4, -0.2) is 5.16 Å². The number of hydrogen-bond donors (Lipinski definition) is 0. The van der Waals surface area contributed by atoms with Crippen LogP contribution in [0.2, 0.25) is 0 Å². The summed E-state index contributed by atoms with van der Waals surface area (Å²) in [6.07, 6.45) is 2.80. The molecule has 0 saturated heterocycles. The minimum Gasteiger partial charge on any atom is -0.356 e. The monoisotopic (exact) mass is 147 g/mol. The van der Waals surface area contributed by atoms with Gasteiger partial charge in [-0.25, -0.2) is 0 Å². The highest BCUT2D eigenvalue weighted by atomic mass is 16.5. The third-order valence-electron chi connectivity index (χ3n) is 1.83. The minimum atomic E-state index is 0.863. The molecular weight excluding hydrogens is 138 g/mol. The lowest BCUT2D eigenvalue weighted by Crippen LogP contribution is -1.76. The van der Waals surface area contributed by atoms with Crippen molar-refractivity contribution in [3.05, 3.63) is 30.0 Å². The fourth-order valence-corrected chi connectivity index (χ4v) is 1.14. The van der Waals surface area contributed by atoms with Crippen molar-refractivity contribution in [3.63, 3.8) is 0 Å². The normalized spacial score (nSPS) is 10.6. The largest absolute Gasteiger partial charge is 0.356 e. The fourth-order valence-electron chi connectivity index (χ4n) is 1.14. The topological polar surface area (TPSA) is 26.0 Å². The summed E-state index contributed by atoms with van der Waals surface area (Å²) >= 11 is 0. The van der Waals surface area contributed by atoms with Crippen LogP contribution < -0.4 is 0 Å². The predicted octanol–water partition coefficient (Wildman–Crippen LogP) is 2.39. The molecule has 11 heavy (non-hydrogen) atoms. The van der Waals surface area contributed by atoms with Crippen molar-refractivity contribution in [2.24, 2.45) is 0 Å². The van der Waals surface area contributed by atoms with Gasteiger partial charge in [0.2, 0.25) is 0 Å². The Bertz CT molecular complexity index is 364. The van der Waals surface area contributed by atoms with E-state index in [4.69, 9.17) is 4.52 Å². The smallest absolute Gasteiger partial charge is 0.166 e. The first-order chi connectivity index (χ1) is 5.40. The lowest BCUT2D eigenvalue weighted by atomic mass is 10.1. The van der Waals surface area contributed by atoms with Gasteiger partial charge in [0, 0.05) is 5.39 Å². The molecule has 56 valence electrons. The molecule has 0 spiro atoms. The van der Waals surface area contributed by atoms with Crippen molar-refractivity contribution >= 4 is 11.0 Å². The van der Waals surface area contributed by atoms with Crippen molar-refractivity contribution in [1.29, 1.82) is 0 Å². The molecule has 0 atom stereocenters. The number of benzene rings is 1. The zero-order valence-corrected chi connectivity index (χ0v) is 6.37. The molecule has 1 heterocycles. The van der Waals surface area contributed by atoms with Crippen LogP contribution in [-0.2, 0) is 6.42 Å². The fraction of sp³-hybridized carbons (Fsp3) is 0.222. The first-order valence-corrected chi connectivity index (χ1v) is 3.73. The highest BCUT2D eigenvalue weighted by molar-refractivity contribution is 5.76. The summed E-state index contributed by atoms with van der Waals surface area (Å²) in [4.78, 5) is 0. The van der Waals surface area contributed by atoms with Gasteiger partial charge in [-0.3, -0.25) is 0 Å². The van der Waals surface area contributed by atoms with E-state index in [0.29, 0.717) is 0 Å². The quantitative estimate of drug-likeness (QED) is 0.619. The Kier molecular flexibility index (Phi) is 1.39. The Labute approximate surface area is 64.8 Å².